The average Bonchev–Trinajstić information content (AvgIpc) is 1.94. The van der Waals surface area contributed by atoms with E-state index >= 15 is 0 Å². The van der Waals surface area contributed by atoms with Gasteiger partial charge in [0.2, 0.25) is 0 Å². The van der Waals surface area contributed by atoms with Crippen LogP contribution < -0.4 is 0 Å². The van der Waals surface area contributed by atoms with Gasteiger partial charge in [-0.3, -0.25) is 0 Å². The molecule has 0 N–H and O–H groups in total. The Bertz CT molecular complexity index is 297. The maximum atomic E-state index is 10.2. The first-order valence-corrected chi connectivity index (χ1v) is 4.67. The fraction of sp³-hybridized carbons (Fsp3) is 0. The summed E-state index contributed by atoms with van der Waals surface area (Å²) >= 11 is 0. The molecule has 1 heterocycles. The molecule has 0 atom stereocenters. The van der Waals surface area contributed by atoms with Crippen molar-refractivity contribution >= 4 is 50.4 Å². The van der Waals surface area contributed by atoms with Crippen molar-refractivity contribution in [1.29, 1.82) is 0 Å². The van der Waals surface area contributed by atoms with E-state index < -0.39 is 20.8 Å². The van der Waals surface area contributed by atoms with Gasteiger partial charge in [-0.2, -0.15) is 16.8 Å². The third-order valence-corrected chi connectivity index (χ3v) is 1.44. The Kier molecular flexibility index (Phi) is 5.19. The average molecular weight is 247 g/mol. The first-order valence-electron chi connectivity index (χ1n) is 2.00. The minimum absolute atomic E-state index is 0. The van der Waals surface area contributed by atoms with E-state index in [1.165, 1.54) is 0 Å². The molecule has 13 heavy (non-hydrogen) atoms. The van der Waals surface area contributed by atoms with Crippen molar-refractivity contribution in [3.05, 3.63) is 0 Å². The van der Waals surface area contributed by atoms with Gasteiger partial charge < -0.3 is 0 Å². The van der Waals surface area contributed by atoms with Crippen LogP contribution in [0.3, 0.4) is 0 Å². The third kappa shape index (κ3) is 5.18. The zero-order valence-corrected chi connectivity index (χ0v) is 9.53. The molecular formula is NaO10S2. The van der Waals surface area contributed by atoms with E-state index in [0.29, 0.717) is 0 Å². The van der Waals surface area contributed by atoms with Crippen LogP contribution in [0, 0.1) is 0 Å². The molecule has 1 aliphatic rings. The van der Waals surface area contributed by atoms with Crippen LogP contribution in [-0.2, 0) is 48.2 Å². The van der Waals surface area contributed by atoms with Crippen molar-refractivity contribution in [2.45, 2.75) is 0 Å². The summed E-state index contributed by atoms with van der Waals surface area (Å²) in [4.78, 5) is 0. The second kappa shape index (κ2) is 4.94. The van der Waals surface area contributed by atoms with Gasteiger partial charge in [0.15, 0.2) is 0 Å². The molecule has 0 aromatic carbocycles. The fourth-order valence-electron chi connectivity index (χ4n) is 0.181. The van der Waals surface area contributed by atoms with Crippen LogP contribution in [0.5, 0.6) is 0 Å². The van der Waals surface area contributed by atoms with Crippen LogP contribution in [0.2, 0.25) is 0 Å². The second-order valence-electron chi connectivity index (χ2n) is 1.22. The molecule has 1 aliphatic heterocycles. The Morgan fingerprint density at radius 2 is 0.923 bits per heavy atom. The van der Waals surface area contributed by atoms with Crippen molar-refractivity contribution in [1.82, 2.24) is 0 Å². The van der Waals surface area contributed by atoms with Crippen molar-refractivity contribution in [2.24, 2.45) is 0 Å². The summed E-state index contributed by atoms with van der Waals surface area (Å²) in [5, 5.41) is 6.46. The first kappa shape index (κ1) is 13.7. The summed E-state index contributed by atoms with van der Waals surface area (Å²) < 4.78 is 53.9. The van der Waals surface area contributed by atoms with Gasteiger partial charge in [0, 0.05) is 29.6 Å². The Morgan fingerprint density at radius 3 is 1.23 bits per heavy atom. The van der Waals surface area contributed by atoms with Gasteiger partial charge in [0.05, 0.1) is 0 Å². The molecule has 1 saturated heterocycles. The summed E-state index contributed by atoms with van der Waals surface area (Å²) in [5.74, 6) is 0. The minimum Gasteiger partial charge on any atom is -0.164 e. The van der Waals surface area contributed by atoms with Crippen LogP contribution in [0.25, 0.3) is 0 Å². The molecular weight excluding hydrogens is 247 g/mol. The second-order valence-corrected chi connectivity index (χ2v) is 3.40. The van der Waals surface area contributed by atoms with Crippen molar-refractivity contribution in [3.63, 3.8) is 0 Å². The summed E-state index contributed by atoms with van der Waals surface area (Å²) in [6, 6.07) is 0. The molecule has 1 fully saturated rings. The molecule has 0 unspecified atom stereocenters. The SMILES string of the molecule is O=S1(=O)OOOOS(=O)(=O)OO1.[Na]. The van der Waals surface area contributed by atoms with Gasteiger partial charge in [-0.1, -0.05) is 8.67 Å². The fourth-order valence-corrected chi connectivity index (χ4v) is 0.953. The normalized spacial score (nSPS) is 26.5. The van der Waals surface area contributed by atoms with Crippen LogP contribution in [0.15, 0.2) is 0 Å². The minimum atomic E-state index is -4.74. The Labute approximate surface area is 94.3 Å². The number of rotatable bonds is 0. The summed E-state index contributed by atoms with van der Waals surface area (Å²) in [6.07, 6.45) is 0. The van der Waals surface area contributed by atoms with Crippen LogP contribution in [0.4, 0.5) is 0 Å². The molecule has 1 rings (SSSR count). The van der Waals surface area contributed by atoms with Gasteiger partial charge in [-0.25, -0.2) is 0 Å². The summed E-state index contributed by atoms with van der Waals surface area (Å²) in [5.41, 5.74) is 0. The van der Waals surface area contributed by atoms with E-state index in [-0.39, 0.29) is 29.6 Å². The van der Waals surface area contributed by atoms with Gasteiger partial charge in [-0.15, -0.1) is 0 Å². The molecule has 73 valence electrons. The molecule has 10 nitrogen and oxygen atoms in total. The molecule has 0 spiro atoms. The van der Waals surface area contributed by atoms with Crippen molar-refractivity contribution in [2.75, 3.05) is 0 Å². The predicted octanol–water partition coefficient (Wildman–Crippen LogP) is -2.13. The largest absolute Gasteiger partial charge is 0.456 e. The van der Waals surface area contributed by atoms with Gasteiger partial charge >= 0.3 is 20.8 Å². The molecule has 0 saturated carbocycles. The summed E-state index contributed by atoms with van der Waals surface area (Å²) in [7, 11) is -9.48. The Morgan fingerprint density at radius 1 is 0.615 bits per heavy atom. The van der Waals surface area contributed by atoms with Gasteiger partial charge in [-0.05, 0) is 18.7 Å². The molecule has 0 aliphatic carbocycles. The first-order chi connectivity index (χ1) is 5.41. The van der Waals surface area contributed by atoms with E-state index in [2.05, 4.69) is 27.4 Å². The third-order valence-electron chi connectivity index (χ3n) is 0.444. The smallest absolute Gasteiger partial charge is 0.164 e. The van der Waals surface area contributed by atoms with E-state index in [4.69, 9.17) is 0 Å². The monoisotopic (exact) mass is 247 g/mol. The van der Waals surface area contributed by atoms with E-state index in [1.54, 1.807) is 0 Å². The topological polar surface area (TPSA) is 124 Å². The summed E-state index contributed by atoms with van der Waals surface area (Å²) in [6.45, 7) is 0. The van der Waals surface area contributed by atoms with Crippen molar-refractivity contribution in [3.8, 4) is 0 Å². The molecule has 0 bridgehead atoms. The molecule has 1 radical (unpaired) electrons. The Hall–Kier alpha value is 0.660. The molecule has 0 aromatic rings. The van der Waals surface area contributed by atoms with Crippen LogP contribution >= 0.6 is 0 Å². The quantitative estimate of drug-likeness (QED) is 0.346. The van der Waals surface area contributed by atoms with Crippen molar-refractivity contribution < 1.29 is 44.2 Å². The molecule has 0 amide bonds. The standard InChI is InChI=1S/Na.O10S2/c;1-11(2)7-5-6-8-12(3,4)10-9-11. The zero-order valence-electron chi connectivity index (χ0n) is 5.90. The number of hydrogen-bond acceptors (Lipinski definition) is 10. The zero-order chi connectivity index (χ0) is 9.24. The van der Waals surface area contributed by atoms with E-state index in [1.807, 2.05) is 0 Å². The Balaban J connectivity index is 0.00000144. The van der Waals surface area contributed by atoms with Crippen LogP contribution in [0.1, 0.15) is 0 Å². The molecule has 0 aromatic heterocycles. The number of hydrogen-bond donors (Lipinski definition) is 0. The molecule has 13 heteroatoms. The van der Waals surface area contributed by atoms with Gasteiger partial charge in [0.1, 0.15) is 0 Å². The maximum absolute atomic E-state index is 10.2. The maximum Gasteiger partial charge on any atom is 0.456 e. The predicted molar refractivity (Wildman–Crippen MR) is 30.1 cm³/mol. The van der Waals surface area contributed by atoms with Crippen LogP contribution in [-0.4, -0.2) is 46.4 Å². The van der Waals surface area contributed by atoms with E-state index in [9.17, 15) is 16.8 Å². The van der Waals surface area contributed by atoms with Gasteiger partial charge in [0.25, 0.3) is 0 Å². The van der Waals surface area contributed by atoms with E-state index in [0.717, 1.165) is 0 Å².